The molecule has 0 bridgehead atoms. The number of nitrogens with one attached hydrogen (secondary N) is 1. The van der Waals surface area contributed by atoms with Crippen LogP contribution in [0.3, 0.4) is 0 Å². The van der Waals surface area contributed by atoms with Crippen LogP contribution in [0.5, 0.6) is 0 Å². The molecule has 0 heterocycles. The Kier molecular flexibility index (Phi) is 5.51. The Balaban J connectivity index is 2.80. The van der Waals surface area contributed by atoms with Crippen LogP contribution in [0.15, 0.2) is 33.8 Å². The summed E-state index contributed by atoms with van der Waals surface area (Å²) in [5, 5.41) is 9.55. The van der Waals surface area contributed by atoms with Crippen LogP contribution in [0.4, 0.5) is 5.69 Å². The van der Waals surface area contributed by atoms with Gasteiger partial charge in [-0.25, -0.2) is 4.79 Å². The number of ether oxygens (including phenoxy) is 1. The van der Waals surface area contributed by atoms with Gasteiger partial charge < -0.3 is 4.74 Å². The Hall–Kier alpha value is -1.69. The number of carbonyl (C=O) groups excluding carboxylic acids is 1. The van der Waals surface area contributed by atoms with E-state index in [1.54, 1.807) is 13.8 Å². The molecule has 0 aliphatic heterocycles. The molecule has 0 atom stereocenters. The van der Waals surface area contributed by atoms with Gasteiger partial charge in [0.1, 0.15) is 0 Å². The van der Waals surface area contributed by atoms with E-state index in [4.69, 9.17) is 10.1 Å². The summed E-state index contributed by atoms with van der Waals surface area (Å²) in [6.07, 6.45) is 0. The second-order valence-electron chi connectivity index (χ2n) is 3.48. The van der Waals surface area contributed by atoms with Gasteiger partial charge in [-0.3, -0.25) is 10.8 Å². The van der Waals surface area contributed by atoms with Crippen LogP contribution in [-0.4, -0.2) is 24.0 Å². The van der Waals surface area contributed by atoms with Crippen molar-refractivity contribution >= 4 is 39.0 Å². The van der Waals surface area contributed by atoms with Gasteiger partial charge in [-0.2, -0.15) is 5.10 Å². The average molecular weight is 313 g/mol. The van der Waals surface area contributed by atoms with E-state index in [2.05, 4.69) is 26.5 Å². The third-order valence-corrected chi connectivity index (χ3v) is 2.51. The van der Waals surface area contributed by atoms with Crippen molar-refractivity contribution in [3.8, 4) is 0 Å². The summed E-state index contributed by atoms with van der Waals surface area (Å²) in [6, 6.07) is 7.37. The lowest BCUT2D eigenvalue weighted by atomic mass is 10.2. The van der Waals surface area contributed by atoms with Gasteiger partial charge in [0.2, 0.25) is 11.4 Å². The Morgan fingerprint density at radius 3 is 2.56 bits per heavy atom. The van der Waals surface area contributed by atoms with Crippen LogP contribution in [0.1, 0.15) is 13.8 Å². The molecule has 5 nitrogen and oxygen atoms in total. The van der Waals surface area contributed by atoms with Gasteiger partial charge in [0.05, 0.1) is 12.3 Å². The minimum atomic E-state index is -0.540. The van der Waals surface area contributed by atoms with Crippen LogP contribution in [0, 0.1) is 0 Å². The van der Waals surface area contributed by atoms with Crippen molar-refractivity contribution < 1.29 is 14.9 Å². The molecule has 0 unspecified atom stereocenters. The van der Waals surface area contributed by atoms with E-state index < -0.39 is 5.97 Å². The van der Waals surface area contributed by atoms with E-state index in [0.29, 0.717) is 5.71 Å². The third-order valence-electron chi connectivity index (χ3n) is 1.98. The molecular formula is C12H15BrN3O2+. The lowest BCUT2D eigenvalue weighted by Gasteiger charge is -2.04. The molecule has 0 aromatic heterocycles. The highest BCUT2D eigenvalue weighted by Gasteiger charge is 2.19. The van der Waals surface area contributed by atoms with Gasteiger partial charge >= 0.3 is 5.97 Å². The molecule has 18 heavy (non-hydrogen) atoms. The molecule has 0 amide bonds. The first-order chi connectivity index (χ1) is 8.54. The van der Waals surface area contributed by atoms with E-state index in [0.717, 1.165) is 10.2 Å². The Morgan fingerprint density at radius 1 is 1.44 bits per heavy atom. The van der Waals surface area contributed by atoms with Crippen molar-refractivity contribution in [3.63, 3.8) is 0 Å². The molecule has 0 aliphatic rings. The highest BCUT2D eigenvalue weighted by atomic mass is 79.9. The fourth-order valence-corrected chi connectivity index (χ4v) is 1.40. The average Bonchev–Trinajstić information content (AvgIpc) is 2.31. The highest BCUT2D eigenvalue weighted by molar-refractivity contribution is 9.10. The first kappa shape index (κ1) is 14.4. The zero-order valence-corrected chi connectivity index (χ0v) is 11.8. The predicted molar refractivity (Wildman–Crippen MR) is 74.4 cm³/mol. The van der Waals surface area contributed by atoms with Gasteiger partial charge in [-0.05, 0) is 31.2 Å². The number of halogens is 1. The first-order valence-corrected chi connectivity index (χ1v) is 6.19. The van der Waals surface area contributed by atoms with E-state index in [1.165, 1.54) is 0 Å². The normalized spacial score (nSPS) is 10.9. The highest BCUT2D eigenvalue weighted by Crippen LogP contribution is 2.13. The van der Waals surface area contributed by atoms with E-state index in [9.17, 15) is 4.79 Å². The van der Waals surface area contributed by atoms with Gasteiger partial charge in [0.25, 0.3) is 0 Å². The van der Waals surface area contributed by atoms with Crippen molar-refractivity contribution in [2.24, 2.45) is 5.10 Å². The lowest BCUT2D eigenvalue weighted by Crippen LogP contribution is -2.46. The molecule has 6 heteroatoms. The molecule has 0 saturated carbocycles. The van der Waals surface area contributed by atoms with Crippen molar-refractivity contribution in [1.29, 1.82) is 0 Å². The molecule has 1 aromatic rings. The number of hydrogen-bond donors (Lipinski definition) is 2. The fourth-order valence-electron chi connectivity index (χ4n) is 1.14. The molecule has 96 valence electrons. The fraction of sp³-hybridized carbons (Fsp3) is 0.250. The van der Waals surface area contributed by atoms with Crippen molar-refractivity contribution in [2.45, 2.75) is 13.8 Å². The van der Waals surface area contributed by atoms with Crippen molar-refractivity contribution in [2.75, 3.05) is 12.0 Å². The summed E-state index contributed by atoms with van der Waals surface area (Å²) in [7, 11) is 0. The zero-order valence-electron chi connectivity index (χ0n) is 10.2. The van der Waals surface area contributed by atoms with Gasteiger partial charge in [0, 0.05) is 11.4 Å². The minimum absolute atomic E-state index is 0.0831. The number of hydrazone groups is 1. The quantitative estimate of drug-likeness (QED) is 0.484. The molecule has 0 radical (unpaired) electrons. The predicted octanol–water partition coefficient (Wildman–Crippen LogP) is 1.00. The summed E-state index contributed by atoms with van der Waals surface area (Å²) in [5.41, 5.74) is 3.90. The number of esters is 1. The molecule has 3 N–H and O–H groups in total. The molecule has 0 fully saturated rings. The van der Waals surface area contributed by atoms with E-state index in [-0.39, 0.29) is 12.3 Å². The number of anilines is 1. The molecule has 1 aromatic carbocycles. The van der Waals surface area contributed by atoms with Gasteiger partial charge in [0.15, 0.2) is 0 Å². The van der Waals surface area contributed by atoms with Crippen LogP contribution >= 0.6 is 15.9 Å². The van der Waals surface area contributed by atoms with E-state index >= 15 is 0 Å². The number of rotatable bonds is 5. The third kappa shape index (κ3) is 4.29. The molecule has 0 saturated heterocycles. The molecular weight excluding hydrogens is 298 g/mol. The van der Waals surface area contributed by atoms with Crippen LogP contribution in [-0.2, 0) is 9.53 Å². The molecule has 0 spiro atoms. The summed E-state index contributed by atoms with van der Waals surface area (Å²) in [6.45, 7) is 3.60. The maximum Gasteiger partial charge on any atom is 0.365 e. The summed E-state index contributed by atoms with van der Waals surface area (Å²) >= 11 is 3.33. The first-order valence-electron chi connectivity index (χ1n) is 5.40. The standard InChI is InChI=1S/C12H14BrN3O2/c1-3-18-12(17)11(8(2)14)16-15-10-6-4-9(13)5-7-10/h4-7,14-15H,3H2,1-2H3/p+1. The second-order valence-corrected chi connectivity index (χ2v) is 4.40. The maximum atomic E-state index is 11.6. The zero-order chi connectivity index (χ0) is 13.5. The van der Waals surface area contributed by atoms with Crippen LogP contribution in [0.25, 0.3) is 0 Å². The number of carbonyl (C=O) groups is 1. The topological polar surface area (TPSA) is 76.3 Å². The summed E-state index contributed by atoms with van der Waals surface area (Å²) in [5.74, 6) is -0.540. The smallest absolute Gasteiger partial charge is 0.365 e. The Labute approximate surface area is 114 Å². The van der Waals surface area contributed by atoms with Crippen molar-refractivity contribution in [3.05, 3.63) is 28.7 Å². The van der Waals surface area contributed by atoms with Crippen LogP contribution < -0.4 is 10.8 Å². The minimum Gasteiger partial charge on any atom is -0.461 e. The Morgan fingerprint density at radius 2 is 2.06 bits per heavy atom. The van der Waals surface area contributed by atoms with Gasteiger partial charge in [-0.15, -0.1) is 0 Å². The lowest BCUT2D eigenvalue weighted by molar-refractivity contribution is -0.135. The van der Waals surface area contributed by atoms with Gasteiger partial charge in [-0.1, -0.05) is 15.9 Å². The molecule has 1 rings (SSSR count). The second kappa shape index (κ2) is 6.90. The number of nitrogens with two attached hydrogens (primary N) is 1. The Bertz CT molecular complexity index is 469. The number of nitrogens with zero attached hydrogens (tertiary/aromatic N) is 1. The van der Waals surface area contributed by atoms with Crippen molar-refractivity contribution in [1.82, 2.24) is 0 Å². The largest absolute Gasteiger partial charge is 0.461 e. The maximum absolute atomic E-state index is 11.6. The summed E-state index contributed by atoms with van der Waals surface area (Å²) in [4.78, 5) is 11.6. The number of benzene rings is 1. The van der Waals surface area contributed by atoms with Crippen LogP contribution in [0.2, 0.25) is 0 Å². The van der Waals surface area contributed by atoms with E-state index in [1.807, 2.05) is 24.3 Å². The monoisotopic (exact) mass is 312 g/mol. The SMILES string of the molecule is CCOC(=O)C(=NNc1ccc(Br)cc1)C(C)=[NH2+]. The number of hydrogen-bond acceptors (Lipinski definition) is 4. The summed E-state index contributed by atoms with van der Waals surface area (Å²) < 4.78 is 5.82. The molecule has 0 aliphatic carbocycles.